The summed E-state index contributed by atoms with van der Waals surface area (Å²) in [4.78, 5) is 13.5. The summed E-state index contributed by atoms with van der Waals surface area (Å²) in [7, 11) is 0. The minimum Gasteiger partial charge on any atom is -0.336 e. The van der Waals surface area contributed by atoms with E-state index >= 15 is 0 Å². The number of amides is 1. The van der Waals surface area contributed by atoms with Gasteiger partial charge in [-0.15, -0.1) is 12.3 Å². The topological polar surface area (TPSA) is 20.3 Å². The minimum atomic E-state index is -0.0390. The van der Waals surface area contributed by atoms with Gasteiger partial charge in [0.25, 0.3) is 0 Å². The van der Waals surface area contributed by atoms with E-state index in [2.05, 4.69) is 26.7 Å². The second-order valence-electron chi connectivity index (χ2n) is 4.24. The highest BCUT2D eigenvalue weighted by Crippen LogP contribution is 2.27. The zero-order valence-corrected chi connectivity index (χ0v) is 8.63. The highest BCUT2D eigenvalue weighted by Gasteiger charge is 2.36. The molecule has 1 unspecified atom stereocenters. The van der Waals surface area contributed by atoms with Crippen LogP contribution in [0.5, 0.6) is 0 Å². The number of hydrogen-bond acceptors (Lipinski definition) is 1. The second-order valence-corrected chi connectivity index (χ2v) is 4.24. The molecule has 1 fully saturated rings. The van der Waals surface area contributed by atoms with Gasteiger partial charge in [-0.1, -0.05) is 6.92 Å². The summed E-state index contributed by atoms with van der Waals surface area (Å²) in [6.07, 6.45) is 6.81. The standard InChI is InChI=1S/C11H17NO/c1-5-9-7-10(13)12(8-9)11(3,4)6-2/h1,9H,6-8H2,2-4H3. The molecule has 72 valence electrons. The maximum absolute atomic E-state index is 11.6. The van der Waals surface area contributed by atoms with Gasteiger partial charge in [-0.25, -0.2) is 0 Å². The zero-order chi connectivity index (χ0) is 10.1. The van der Waals surface area contributed by atoms with Crippen molar-refractivity contribution in [3.05, 3.63) is 0 Å². The van der Waals surface area contributed by atoms with Crippen LogP contribution in [0, 0.1) is 18.3 Å². The minimum absolute atomic E-state index is 0.0390. The molecule has 1 amide bonds. The summed E-state index contributed by atoms with van der Waals surface area (Å²) < 4.78 is 0. The van der Waals surface area contributed by atoms with E-state index in [4.69, 9.17) is 6.42 Å². The molecule has 1 aliphatic rings. The van der Waals surface area contributed by atoms with E-state index in [9.17, 15) is 4.79 Å². The van der Waals surface area contributed by atoms with Crippen LogP contribution in [0.3, 0.4) is 0 Å². The Morgan fingerprint density at radius 1 is 1.69 bits per heavy atom. The molecule has 0 N–H and O–H groups in total. The van der Waals surface area contributed by atoms with Gasteiger partial charge in [0.1, 0.15) is 0 Å². The van der Waals surface area contributed by atoms with Gasteiger partial charge in [0, 0.05) is 24.4 Å². The predicted octanol–water partition coefficient (Wildman–Crippen LogP) is 1.66. The lowest BCUT2D eigenvalue weighted by Crippen LogP contribution is -2.44. The Balaban J connectivity index is 2.74. The van der Waals surface area contributed by atoms with Crippen LogP contribution in [-0.4, -0.2) is 22.9 Å². The van der Waals surface area contributed by atoms with E-state index in [1.807, 2.05) is 4.90 Å². The Kier molecular flexibility index (Phi) is 2.66. The van der Waals surface area contributed by atoms with Crippen LogP contribution in [0.15, 0.2) is 0 Å². The fourth-order valence-electron chi connectivity index (χ4n) is 1.59. The lowest BCUT2D eigenvalue weighted by Gasteiger charge is -2.34. The Morgan fingerprint density at radius 2 is 2.31 bits per heavy atom. The predicted molar refractivity (Wildman–Crippen MR) is 53.0 cm³/mol. The van der Waals surface area contributed by atoms with Crippen LogP contribution < -0.4 is 0 Å². The zero-order valence-electron chi connectivity index (χ0n) is 8.63. The van der Waals surface area contributed by atoms with Gasteiger partial charge in [0.15, 0.2) is 0 Å². The summed E-state index contributed by atoms with van der Waals surface area (Å²) in [5, 5.41) is 0. The van der Waals surface area contributed by atoms with Crippen LogP contribution in [-0.2, 0) is 4.79 Å². The van der Waals surface area contributed by atoms with Gasteiger partial charge < -0.3 is 4.90 Å². The van der Waals surface area contributed by atoms with Gasteiger partial charge in [-0.05, 0) is 20.3 Å². The largest absolute Gasteiger partial charge is 0.336 e. The van der Waals surface area contributed by atoms with Crippen LogP contribution in [0.4, 0.5) is 0 Å². The maximum atomic E-state index is 11.6. The molecule has 0 aliphatic carbocycles. The first-order chi connectivity index (χ1) is 6.01. The van der Waals surface area contributed by atoms with Crippen LogP contribution in [0.1, 0.15) is 33.6 Å². The smallest absolute Gasteiger partial charge is 0.224 e. The summed E-state index contributed by atoms with van der Waals surface area (Å²) >= 11 is 0. The Hall–Kier alpha value is -0.970. The van der Waals surface area contributed by atoms with Crippen molar-refractivity contribution in [1.82, 2.24) is 4.90 Å². The number of terminal acetylenes is 1. The van der Waals surface area contributed by atoms with E-state index in [0.29, 0.717) is 6.42 Å². The quantitative estimate of drug-likeness (QED) is 0.590. The van der Waals surface area contributed by atoms with Gasteiger partial charge in [-0.3, -0.25) is 4.79 Å². The molecule has 0 radical (unpaired) electrons. The van der Waals surface area contributed by atoms with E-state index in [-0.39, 0.29) is 17.4 Å². The van der Waals surface area contributed by atoms with Gasteiger partial charge in [0.05, 0.1) is 0 Å². The third-order valence-electron chi connectivity index (χ3n) is 2.96. The average molecular weight is 179 g/mol. The molecule has 1 heterocycles. The molecule has 2 heteroatoms. The van der Waals surface area contributed by atoms with Gasteiger partial charge in [-0.2, -0.15) is 0 Å². The molecule has 13 heavy (non-hydrogen) atoms. The number of likely N-dealkylation sites (tertiary alicyclic amines) is 1. The van der Waals surface area contributed by atoms with Crippen molar-refractivity contribution in [1.29, 1.82) is 0 Å². The molecule has 1 rings (SSSR count). The first kappa shape index (κ1) is 10.1. The lowest BCUT2D eigenvalue weighted by atomic mass is 10.00. The van der Waals surface area contributed by atoms with Crippen LogP contribution in [0.25, 0.3) is 0 Å². The number of rotatable bonds is 2. The first-order valence-electron chi connectivity index (χ1n) is 4.78. The summed E-state index contributed by atoms with van der Waals surface area (Å²) in [5.74, 6) is 2.98. The molecule has 0 bridgehead atoms. The van der Waals surface area contributed by atoms with Crippen molar-refractivity contribution in [2.45, 2.75) is 39.2 Å². The fourth-order valence-corrected chi connectivity index (χ4v) is 1.59. The van der Waals surface area contributed by atoms with Crippen molar-refractivity contribution < 1.29 is 4.79 Å². The molecule has 0 aromatic rings. The van der Waals surface area contributed by atoms with E-state index < -0.39 is 0 Å². The molecule has 2 nitrogen and oxygen atoms in total. The molecule has 0 saturated carbocycles. The number of carbonyl (C=O) groups is 1. The SMILES string of the molecule is C#CC1CC(=O)N(C(C)(C)CC)C1. The van der Waals surface area contributed by atoms with Crippen molar-refractivity contribution >= 4 is 5.91 Å². The summed E-state index contributed by atoms with van der Waals surface area (Å²) in [5.41, 5.74) is -0.0390. The van der Waals surface area contributed by atoms with Crippen molar-refractivity contribution in [3.63, 3.8) is 0 Å². The summed E-state index contributed by atoms with van der Waals surface area (Å²) in [6, 6.07) is 0. The molecular formula is C11H17NO. The normalized spacial score (nSPS) is 23.4. The summed E-state index contributed by atoms with van der Waals surface area (Å²) in [6.45, 7) is 7.00. The fraction of sp³-hybridized carbons (Fsp3) is 0.727. The molecule has 1 aliphatic heterocycles. The lowest BCUT2D eigenvalue weighted by molar-refractivity contribution is -0.132. The number of hydrogen-bond donors (Lipinski definition) is 0. The van der Waals surface area contributed by atoms with Crippen molar-refractivity contribution in [2.75, 3.05) is 6.54 Å². The van der Waals surface area contributed by atoms with Crippen molar-refractivity contribution in [3.8, 4) is 12.3 Å². The third kappa shape index (κ3) is 1.85. The molecule has 0 aromatic carbocycles. The molecule has 0 aromatic heterocycles. The molecule has 1 atom stereocenters. The third-order valence-corrected chi connectivity index (χ3v) is 2.96. The maximum Gasteiger partial charge on any atom is 0.224 e. The Morgan fingerprint density at radius 3 is 2.69 bits per heavy atom. The number of carbonyl (C=O) groups excluding carboxylic acids is 1. The average Bonchev–Trinajstić information content (AvgIpc) is 2.47. The highest BCUT2D eigenvalue weighted by atomic mass is 16.2. The van der Waals surface area contributed by atoms with Crippen molar-refractivity contribution in [2.24, 2.45) is 5.92 Å². The second kappa shape index (κ2) is 3.41. The van der Waals surface area contributed by atoms with E-state index in [1.165, 1.54) is 0 Å². The van der Waals surface area contributed by atoms with E-state index in [1.54, 1.807) is 0 Å². The van der Waals surface area contributed by atoms with Gasteiger partial charge in [0.2, 0.25) is 5.91 Å². The monoisotopic (exact) mass is 179 g/mol. The molecule has 0 spiro atoms. The highest BCUT2D eigenvalue weighted by molar-refractivity contribution is 5.80. The first-order valence-corrected chi connectivity index (χ1v) is 4.78. The van der Waals surface area contributed by atoms with Crippen LogP contribution in [0.2, 0.25) is 0 Å². The van der Waals surface area contributed by atoms with Crippen LogP contribution >= 0.6 is 0 Å². The Labute approximate surface area is 80.3 Å². The molecular weight excluding hydrogens is 162 g/mol. The number of nitrogens with zero attached hydrogens (tertiary/aromatic N) is 1. The molecule has 1 saturated heterocycles. The Bertz CT molecular complexity index is 249. The van der Waals surface area contributed by atoms with Gasteiger partial charge >= 0.3 is 0 Å². The van der Waals surface area contributed by atoms with E-state index in [0.717, 1.165) is 13.0 Å².